The van der Waals surface area contributed by atoms with Gasteiger partial charge in [0.25, 0.3) is 11.5 Å². The van der Waals surface area contributed by atoms with Gasteiger partial charge in [-0.3, -0.25) is 14.2 Å². The zero-order valence-corrected chi connectivity index (χ0v) is 22.9. The number of nitrogens with one attached hydrogen (secondary N) is 1. The molecule has 0 spiro atoms. The fourth-order valence-corrected chi connectivity index (χ4v) is 4.35. The van der Waals surface area contributed by atoms with Gasteiger partial charge in [0.15, 0.2) is 11.5 Å². The molecule has 40 heavy (non-hydrogen) atoms. The first-order valence-electron chi connectivity index (χ1n) is 13.3. The van der Waals surface area contributed by atoms with Crippen LogP contribution in [0.25, 0.3) is 22.1 Å². The molecule has 0 saturated carbocycles. The van der Waals surface area contributed by atoms with Crippen LogP contribution in [0.4, 0.5) is 5.82 Å². The molecule has 0 unspecified atom stereocenters. The second kappa shape index (κ2) is 12.7. The van der Waals surface area contributed by atoms with Gasteiger partial charge in [0.2, 0.25) is 0 Å². The quantitative estimate of drug-likeness (QED) is 0.303. The zero-order valence-electron chi connectivity index (χ0n) is 22.9. The number of anilines is 1. The number of rotatable bonds is 3. The lowest BCUT2D eigenvalue weighted by Gasteiger charge is -2.21. The Balaban J connectivity index is 0.000000207. The van der Waals surface area contributed by atoms with Crippen LogP contribution in [0.15, 0.2) is 77.9 Å². The van der Waals surface area contributed by atoms with Crippen LogP contribution < -0.4 is 22.3 Å². The number of benzene rings is 2. The standard InChI is InChI=1S/C22H20N2O.C7H7N5O.C2H6/c1-2-19-13-18-8-6-7-17(12-11-16-14-23-15-16)21(18)22(25)24(19)20-9-4-3-5-10-20;8-5-4(6(9)13)7-10-2-1-3-12(7)11-5;1-2/h3-10,13,16,23H,2,14-15H2,1H3;1-3H,(H2,8,11)(H2,9,13);1-2H3. The number of hydrogen-bond acceptors (Lipinski definition) is 6. The van der Waals surface area contributed by atoms with Crippen molar-refractivity contribution in [2.24, 2.45) is 11.7 Å². The number of para-hydroxylation sites is 1. The number of hydrogen-bond donors (Lipinski definition) is 3. The minimum atomic E-state index is -0.619. The summed E-state index contributed by atoms with van der Waals surface area (Å²) in [4.78, 5) is 28.2. The topological polar surface area (TPSA) is 133 Å². The molecule has 5 N–H and O–H groups in total. The van der Waals surface area contributed by atoms with E-state index in [1.54, 1.807) is 18.5 Å². The van der Waals surface area contributed by atoms with E-state index < -0.39 is 5.91 Å². The van der Waals surface area contributed by atoms with Gasteiger partial charge in [-0.05, 0) is 42.1 Å². The van der Waals surface area contributed by atoms with Gasteiger partial charge in [-0.1, -0.05) is 62.9 Å². The fourth-order valence-electron chi connectivity index (χ4n) is 4.35. The van der Waals surface area contributed by atoms with E-state index in [-0.39, 0.29) is 16.9 Å². The van der Waals surface area contributed by atoms with Crippen molar-refractivity contribution >= 4 is 28.1 Å². The molecule has 9 nitrogen and oxygen atoms in total. The van der Waals surface area contributed by atoms with Crippen LogP contribution in [0, 0.1) is 17.8 Å². The third-order valence-corrected chi connectivity index (χ3v) is 6.36. The smallest absolute Gasteiger partial charge is 0.264 e. The van der Waals surface area contributed by atoms with E-state index in [1.165, 1.54) is 4.52 Å². The molecule has 0 aliphatic carbocycles. The van der Waals surface area contributed by atoms with Gasteiger partial charge in [0.1, 0.15) is 5.56 Å². The molecule has 5 aromatic rings. The maximum Gasteiger partial charge on any atom is 0.264 e. The Morgan fingerprint density at radius 3 is 2.50 bits per heavy atom. The molecule has 4 heterocycles. The van der Waals surface area contributed by atoms with Crippen LogP contribution in [-0.2, 0) is 6.42 Å². The molecular formula is C31H33N7O2. The predicted octanol–water partition coefficient (Wildman–Crippen LogP) is 3.56. The highest BCUT2D eigenvalue weighted by Gasteiger charge is 2.16. The number of primary amides is 1. The van der Waals surface area contributed by atoms with Crippen molar-refractivity contribution in [1.29, 1.82) is 0 Å². The summed E-state index contributed by atoms with van der Waals surface area (Å²) in [6.45, 7) is 7.95. The van der Waals surface area contributed by atoms with E-state index >= 15 is 0 Å². The number of carbonyl (C=O) groups excluding carboxylic acids is 1. The van der Waals surface area contributed by atoms with Crippen LogP contribution in [-0.4, -0.2) is 38.2 Å². The minimum absolute atomic E-state index is 0.0113. The number of fused-ring (bicyclic) bond motifs is 2. The van der Waals surface area contributed by atoms with E-state index in [0.29, 0.717) is 17.0 Å². The SMILES string of the molecule is CC.CCc1cc2cccc(C#CC3CNC3)c2c(=O)n1-c1ccccc1.NC(=O)c1c(N)nn2cccnc12. The summed E-state index contributed by atoms with van der Waals surface area (Å²) in [6, 6.07) is 19.6. The molecule has 6 rings (SSSR count). The number of pyridine rings is 1. The molecule has 204 valence electrons. The van der Waals surface area contributed by atoms with Crippen LogP contribution >= 0.6 is 0 Å². The maximum atomic E-state index is 13.3. The van der Waals surface area contributed by atoms with Crippen LogP contribution in [0.3, 0.4) is 0 Å². The van der Waals surface area contributed by atoms with Crippen LogP contribution in [0.1, 0.15) is 42.4 Å². The lowest BCUT2D eigenvalue weighted by atomic mass is 10.0. The fraction of sp³-hybridized carbons (Fsp3) is 0.226. The van der Waals surface area contributed by atoms with E-state index in [9.17, 15) is 9.59 Å². The minimum Gasteiger partial charge on any atom is -0.381 e. The lowest BCUT2D eigenvalue weighted by Crippen LogP contribution is -2.40. The summed E-state index contributed by atoms with van der Waals surface area (Å²) in [5.41, 5.74) is 13.9. The van der Waals surface area contributed by atoms with Crippen LogP contribution in [0.5, 0.6) is 0 Å². The lowest BCUT2D eigenvalue weighted by molar-refractivity contribution is 0.100. The van der Waals surface area contributed by atoms with E-state index in [1.807, 2.05) is 66.9 Å². The van der Waals surface area contributed by atoms with E-state index in [0.717, 1.165) is 41.8 Å². The van der Waals surface area contributed by atoms with Crippen molar-refractivity contribution < 1.29 is 4.79 Å². The van der Waals surface area contributed by atoms with Gasteiger partial charge >= 0.3 is 0 Å². The van der Waals surface area contributed by atoms with Gasteiger partial charge in [0.05, 0.1) is 5.39 Å². The van der Waals surface area contributed by atoms with E-state index in [2.05, 4.69) is 40.2 Å². The normalized spacial score (nSPS) is 12.3. The summed E-state index contributed by atoms with van der Waals surface area (Å²) in [5.74, 6) is 6.40. The van der Waals surface area contributed by atoms with Gasteiger partial charge in [-0.25, -0.2) is 9.50 Å². The van der Waals surface area contributed by atoms with Crippen molar-refractivity contribution in [2.75, 3.05) is 18.8 Å². The van der Waals surface area contributed by atoms with Crippen molar-refractivity contribution in [2.45, 2.75) is 27.2 Å². The highest BCUT2D eigenvalue weighted by molar-refractivity contribution is 6.03. The molecule has 0 bridgehead atoms. The molecular weight excluding hydrogens is 502 g/mol. The second-order valence-electron chi connectivity index (χ2n) is 8.87. The summed E-state index contributed by atoms with van der Waals surface area (Å²) >= 11 is 0. The summed E-state index contributed by atoms with van der Waals surface area (Å²) in [6.07, 6.45) is 3.98. The van der Waals surface area contributed by atoms with Crippen molar-refractivity contribution in [1.82, 2.24) is 24.5 Å². The first-order valence-corrected chi connectivity index (χ1v) is 13.3. The largest absolute Gasteiger partial charge is 0.381 e. The number of nitrogens with two attached hydrogens (primary N) is 2. The molecule has 0 radical (unpaired) electrons. The summed E-state index contributed by atoms with van der Waals surface area (Å²) < 4.78 is 3.23. The molecule has 1 fully saturated rings. The molecule has 0 atom stereocenters. The molecule has 1 aliphatic heterocycles. The third-order valence-electron chi connectivity index (χ3n) is 6.36. The number of nitrogen functional groups attached to an aromatic ring is 1. The molecule has 3 aromatic heterocycles. The predicted molar refractivity (Wildman–Crippen MR) is 159 cm³/mol. The van der Waals surface area contributed by atoms with Gasteiger partial charge in [-0.15, -0.1) is 5.10 Å². The third kappa shape index (κ3) is 5.72. The highest BCUT2D eigenvalue weighted by atomic mass is 16.1. The van der Waals surface area contributed by atoms with E-state index in [4.69, 9.17) is 11.5 Å². The van der Waals surface area contributed by atoms with Gasteiger partial charge in [-0.2, -0.15) is 0 Å². The second-order valence-corrected chi connectivity index (χ2v) is 8.87. The molecule has 2 aromatic carbocycles. The van der Waals surface area contributed by atoms with Gasteiger partial charge in [0, 0.05) is 48.3 Å². The monoisotopic (exact) mass is 535 g/mol. The number of nitrogens with zero attached hydrogens (tertiary/aromatic N) is 4. The Labute approximate surface area is 232 Å². The highest BCUT2D eigenvalue weighted by Crippen LogP contribution is 2.20. The Morgan fingerprint density at radius 1 is 1.10 bits per heavy atom. The van der Waals surface area contributed by atoms with Crippen molar-refractivity contribution in [3.8, 4) is 17.5 Å². The number of aromatic nitrogens is 4. The Hall–Kier alpha value is -4.94. The molecule has 1 amide bonds. The van der Waals surface area contributed by atoms with Gasteiger partial charge < -0.3 is 16.8 Å². The first-order chi connectivity index (χ1) is 19.5. The molecule has 1 saturated heterocycles. The Morgan fingerprint density at radius 2 is 1.85 bits per heavy atom. The zero-order chi connectivity index (χ0) is 28.6. The summed E-state index contributed by atoms with van der Waals surface area (Å²) in [7, 11) is 0. The van der Waals surface area contributed by atoms with Crippen molar-refractivity contribution in [3.05, 3.63) is 100 Å². The Bertz CT molecular complexity index is 1760. The first kappa shape index (κ1) is 28.1. The summed E-state index contributed by atoms with van der Waals surface area (Å²) in [5, 5.41) is 8.77. The Kier molecular flexibility index (Phi) is 8.94. The van der Waals surface area contributed by atoms with Crippen molar-refractivity contribution in [3.63, 3.8) is 0 Å². The maximum absolute atomic E-state index is 13.3. The number of aryl methyl sites for hydroxylation is 1. The number of amides is 1. The average Bonchev–Trinajstić information content (AvgIpc) is 3.30. The molecule has 1 aliphatic rings. The molecule has 9 heteroatoms. The number of carbonyl (C=O) groups is 1. The van der Waals surface area contributed by atoms with Crippen LogP contribution in [0.2, 0.25) is 0 Å². The average molecular weight is 536 g/mol.